The lowest BCUT2D eigenvalue weighted by molar-refractivity contribution is -0.137. The van der Waals surface area contributed by atoms with Gasteiger partial charge >= 0.3 is 6.18 Å². The molecule has 1 aliphatic rings. The van der Waals surface area contributed by atoms with Gasteiger partial charge in [-0.2, -0.15) is 13.2 Å². The smallest absolute Gasteiger partial charge is 0.416 e. The fourth-order valence-electron chi connectivity index (χ4n) is 4.06. The van der Waals surface area contributed by atoms with Crippen molar-refractivity contribution in [3.8, 4) is 5.75 Å². The normalized spacial score (nSPS) is 14.3. The molecule has 12 heteroatoms. The first-order valence-electron chi connectivity index (χ1n) is 11.8. The van der Waals surface area contributed by atoms with Crippen molar-refractivity contribution in [1.82, 2.24) is 0 Å². The summed E-state index contributed by atoms with van der Waals surface area (Å²) >= 11 is 5.99. The second-order valence-corrected chi connectivity index (χ2v) is 11.0. The van der Waals surface area contributed by atoms with Gasteiger partial charge in [-0.05, 0) is 67.1 Å². The maximum atomic E-state index is 13.9. The number of carbonyl (C=O) groups excluding carboxylic acids is 2. The lowest BCUT2D eigenvalue weighted by Gasteiger charge is -2.29. The molecule has 0 aliphatic carbocycles. The molecule has 0 unspecified atom stereocenters. The highest BCUT2D eigenvalue weighted by Crippen LogP contribution is 2.32. The van der Waals surface area contributed by atoms with E-state index in [0.717, 1.165) is 11.3 Å². The van der Waals surface area contributed by atoms with Crippen LogP contribution in [0.25, 0.3) is 0 Å². The number of carbonyl (C=O) groups is 2. The van der Waals surface area contributed by atoms with Gasteiger partial charge in [0, 0.05) is 57.4 Å². The van der Waals surface area contributed by atoms with E-state index >= 15 is 0 Å². The van der Waals surface area contributed by atoms with Crippen LogP contribution in [0.5, 0.6) is 5.75 Å². The standard InChI is InChI=1S/C27H23ClF4N2O4S/c1-16-10-21(34-6-8-39(37)9-7-34)3-4-23(16)33-25(35)15-38-24-5-2-19(28)14-22(24)26(36)17-11-18(27(30,31)32)13-20(29)12-17/h2-5,10-14H,6-9,15H2,1H3,(H,33,35). The Labute approximate surface area is 229 Å². The molecule has 4 rings (SSSR count). The number of rotatable bonds is 7. The number of nitrogens with one attached hydrogen (secondary N) is 1. The predicted octanol–water partition coefficient (Wildman–Crippen LogP) is 5.62. The van der Waals surface area contributed by atoms with Gasteiger partial charge in [0.15, 0.2) is 12.4 Å². The molecule has 0 aromatic heterocycles. The number of ether oxygens (including phenoxy) is 1. The number of alkyl halides is 3. The van der Waals surface area contributed by atoms with Crippen LogP contribution < -0.4 is 15.0 Å². The zero-order valence-corrected chi connectivity index (χ0v) is 22.2. The van der Waals surface area contributed by atoms with Crippen molar-refractivity contribution in [2.75, 3.05) is 41.4 Å². The van der Waals surface area contributed by atoms with Crippen LogP contribution >= 0.6 is 11.6 Å². The third-order valence-electron chi connectivity index (χ3n) is 6.06. The Morgan fingerprint density at radius 3 is 2.44 bits per heavy atom. The van der Waals surface area contributed by atoms with Crippen molar-refractivity contribution in [3.05, 3.63) is 87.7 Å². The minimum atomic E-state index is -4.85. The molecule has 206 valence electrons. The lowest BCUT2D eigenvalue weighted by atomic mass is 10.00. The summed E-state index contributed by atoms with van der Waals surface area (Å²) in [7, 11) is -0.796. The molecule has 39 heavy (non-hydrogen) atoms. The van der Waals surface area contributed by atoms with Crippen LogP contribution in [0, 0.1) is 12.7 Å². The van der Waals surface area contributed by atoms with Gasteiger partial charge in [-0.3, -0.25) is 13.8 Å². The van der Waals surface area contributed by atoms with Crippen molar-refractivity contribution in [1.29, 1.82) is 0 Å². The Balaban J connectivity index is 1.46. The van der Waals surface area contributed by atoms with Crippen LogP contribution in [-0.2, 0) is 21.8 Å². The topological polar surface area (TPSA) is 75.7 Å². The molecule has 1 aliphatic heterocycles. The van der Waals surface area contributed by atoms with E-state index in [2.05, 4.69) is 10.2 Å². The Hall–Kier alpha value is -3.44. The molecule has 0 saturated carbocycles. The van der Waals surface area contributed by atoms with Crippen molar-refractivity contribution in [3.63, 3.8) is 0 Å². The van der Waals surface area contributed by atoms with Crippen molar-refractivity contribution < 1.29 is 36.1 Å². The summed E-state index contributed by atoms with van der Waals surface area (Å²) in [5, 5.41) is 2.82. The van der Waals surface area contributed by atoms with Crippen LogP contribution in [0.4, 0.5) is 28.9 Å². The number of nitrogens with zero attached hydrogens (tertiary/aromatic N) is 1. The predicted molar refractivity (Wildman–Crippen MR) is 142 cm³/mol. The summed E-state index contributed by atoms with van der Waals surface area (Å²) in [6.45, 7) is 2.67. The number of anilines is 2. The lowest BCUT2D eigenvalue weighted by Crippen LogP contribution is -2.37. The highest BCUT2D eigenvalue weighted by Gasteiger charge is 2.32. The monoisotopic (exact) mass is 582 g/mol. The summed E-state index contributed by atoms with van der Waals surface area (Å²) < 4.78 is 70.4. The van der Waals surface area contributed by atoms with Gasteiger partial charge in [0.25, 0.3) is 5.91 Å². The van der Waals surface area contributed by atoms with Gasteiger partial charge in [-0.1, -0.05) is 11.6 Å². The number of benzene rings is 3. The third-order valence-corrected chi connectivity index (χ3v) is 7.57. The Kier molecular flexibility index (Phi) is 8.60. The molecule has 0 radical (unpaired) electrons. The van der Waals surface area contributed by atoms with Crippen LogP contribution in [0.15, 0.2) is 54.6 Å². The Morgan fingerprint density at radius 1 is 1.05 bits per heavy atom. The molecule has 0 atom stereocenters. The fraction of sp³-hybridized carbons (Fsp3) is 0.259. The number of amides is 1. The maximum Gasteiger partial charge on any atom is 0.416 e. The van der Waals surface area contributed by atoms with Gasteiger partial charge in [-0.25, -0.2) is 4.39 Å². The van der Waals surface area contributed by atoms with Crippen LogP contribution in [0.2, 0.25) is 5.02 Å². The summed E-state index contributed by atoms with van der Waals surface area (Å²) in [6, 6.07) is 10.9. The molecule has 0 bridgehead atoms. The van der Waals surface area contributed by atoms with E-state index in [0.29, 0.717) is 48.5 Å². The second kappa shape index (κ2) is 11.7. The van der Waals surface area contributed by atoms with Gasteiger partial charge in [0.2, 0.25) is 0 Å². The number of halogens is 5. The molecule has 3 aromatic carbocycles. The highest BCUT2D eigenvalue weighted by molar-refractivity contribution is 7.85. The second-order valence-electron chi connectivity index (χ2n) is 8.87. The molecule has 6 nitrogen and oxygen atoms in total. The highest BCUT2D eigenvalue weighted by atomic mass is 35.5. The number of aryl methyl sites for hydroxylation is 1. The van der Waals surface area contributed by atoms with Crippen LogP contribution in [0.3, 0.4) is 0 Å². The summed E-state index contributed by atoms with van der Waals surface area (Å²) in [6.07, 6.45) is -4.85. The van der Waals surface area contributed by atoms with Gasteiger partial charge in [0.1, 0.15) is 11.6 Å². The van der Waals surface area contributed by atoms with E-state index in [1.165, 1.54) is 18.2 Å². The number of ketones is 1. The van der Waals surface area contributed by atoms with E-state index < -0.39 is 52.2 Å². The SMILES string of the molecule is Cc1cc(N2CCS(=O)CC2)ccc1NC(=O)COc1ccc(Cl)cc1C(=O)c1cc(F)cc(C(F)(F)F)c1. The molecule has 1 saturated heterocycles. The van der Waals surface area contributed by atoms with Gasteiger partial charge in [-0.15, -0.1) is 0 Å². The average Bonchev–Trinajstić information content (AvgIpc) is 2.88. The molecular weight excluding hydrogens is 560 g/mol. The summed E-state index contributed by atoms with van der Waals surface area (Å²) in [5.41, 5.74) is 0.202. The first-order valence-corrected chi connectivity index (χ1v) is 13.6. The quantitative estimate of drug-likeness (QED) is 0.289. The van der Waals surface area contributed by atoms with E-state index in [1.54, 1.807) is 6.07 Å². The molecule has 1 amide bonds. The van der Waals surface area contributed by atoms with Gasteiger partial charge in [0.05, 0.1) is 11.1 Å². The molecule has 1 fully saturated rings. The fourth-order valence-corrected chi connectivity index (χ4v) is 5.28. The summed E-state index contributed by atoms with van der Waals surface area (Å²) in [4.78, 5) is 27.8. The first-order chi connectivity index (χ1) is 18.4. The van der Waals surface area contributed by atoms with E-state index in [1.807, 2.05) is 19.1 Å². The summed E-state index contributed by atoms with van der Waals surface area (Å²) in [5.74, 6) is -1.62. The first kappa shape index (κ1) is 28.6. The van der Waals surface area contributed by atoms with E-state index in [9.17, 15) is 31.4 Å². The van der Waals surface area contributed by atoms with Crippen molar-refractivity contribution in [2.24, 2.45) is 0 Å². The molecular formula is C27H23ClF4N2O4S. The minimum Gasteiger partial charge on any atom is -0.483 e. The van der Waals surface area contributed by atoms with E-state index in [4.69, 9.17) is 16.3 Å². The molecule has 1 N–H and O–H groups in total. The minimum absolute atomic E-state index is 0.0956. The maximum absolute atomic E-state index is 13.9. The van der Waals surface area contributed by atoms with Gasteiger partial charge < -0.3 is 15.0 Å². The molecule has 1 heterocycles. The van der Waals surface area contributed by atoms with Crippen LogP contribution in [0.1, 0.15) is 27.0 Å². The van der Waals surface area contributed by atoms with Crippen molar-refractivity contribution >= 4 is 45.5 Å². The van der Waals surface area contributed by atoms with Crippen LogP contribution in [-0.4, -0.2) is 47.1 Å². The number of hydrogen-bond donors (Lipinski definition) is 1. The Morgan fingerprint density at radius 2 is 1.77 bits per heavy atom. The largest absolute Gasteiger partial charge is 0.483 e. The molecule has 3 aromatic rings. The third kappa shape index (κ3) is 7.15. The number of hydrogen-bond acceptors (Lipinski definition) is 5. The van der Waals surface area contributed by atoms with E-state index in [-0.39, 0.29) is 16.3 Å². The van der Waals surface area contributed by atoms with Crippen molar-refractivity contribution in [2.45, 2.75) is 13.1 Å². The zero-order valence-electron chi connectivity index (χ0n) is 20.6. The zero-order chi connectivity index (χ0) is 28.3. The molecule has 0 spiro atoms. The Bertz CT molecular complexity index is 1440. The average molecular weight is 583 g/mol.